The van der Waals surface area contributed by atoms with Crippen LogP contribution in [0.2, 0.25) is 0 Å². The lowest BCUT2D eigenvalue weighted by Gasteiger charge is -2.18. The van der Waals surface area contributed by atoms with Crippen LogP contribution in [0.3, 0.4) is 0 Å². The number of rotatable bonds is 5. The number of nitrogens with zero attached hydrogens (tertiary/aromatic N) is 2. The summed E-state index contributed by atoms with van der Waals surface area (Å²) in [6, 6.07) is 16.4. The van der Waals surface area contributed by atoms with Crippen LogP contribution in [0, 0.1) is 5.92 Å². The standard InChI is InChI=1S/C19H18BrN3O2/c1-12(2)16(21-18(24)14-8-10-15(20)11-9-14)19-22-17(23-25-19)13-6-4-3-5-7-13/h3-12,16H,1-2H3,(H,21,24). The number of amides is 1. The Labute approximate surface area is 154 Å². The van der Waals surface area contributed by atoms with Crippen LogP contribution < -0.4 is 5.32 Å². The average Bonchev–Trinajstić information content (AvgIpc) is 3.10. The molecular formula is C19H18BrN3O2. The van der Waals surface area contributed by atoms with Gasteiger partial charge in [-0.25, -0.2) is 0 Å². The van der Waals surface area contributed by atoms with Gasteiger partial charge in [0.1, 0.15) is 6.04 Å². The zero-order valence-corrected chi connectivity index (χ0v) is 15.5. The molecule has 0 fully saturated rings. The van der Waals surface area contributed by atoms with Crippen molar-refractivity contribution in [3.63, 3.8) is 0 Å². The van der Waals surface area contributed by atoms with E-state index in [4.69, 9.17) is 4.52 Å². The van der Waals surface area contributed by atoms with E-state index in [0.717, 1.165) is 10.0 Å². The number of hydrogen-bond acceptors (Lipinski definition) is 4. The van der Waals surface area contributed by atoms with E-state index in [9.17, 15) is 4.79 Å². The number of carbonyl (C=O) groups is 1. The fraction of sp³-hybridized carbons (Fsp3) is 0.211. The summed E-state index contributed by atoms with van der Waals surface area (Å²) in [4.78, 5) is 17.0. The van der Waals surface area contributed by atoms with E-state index >= 15 is 0 Å². The van der Waals surface area contributed by atoms with E-state index in [2.05, 4.69) is 31.4 Å². The molecule has 0 saturated heterocycles. The Kier molecular flexibility index (Phi) is 5.28. The van der Waals surface area contributed by atoms with Crippen molar-refractivity contribution in [2.24, 2.45) is 5.92 Å². The van der Waals surface area contributed by atoms with Crippen molar-refractivity contribution in [1.82, 2.24) is 15.5 Å². The summed E-state index contributed by atoms with van der Waals surface area (Å²) in [5, 5.41) is 7.02. The molecule has 25 heavy (non-hydrogen) atoms. The maximum absolute atomic E-state index is 12.5. The van der Waals surface area contributed by atoms with Crippen molar-refractivity contribution in [2.75, 3.05) is 0 Å². The van der Waals surface area contributed by atoms with Crippen LogP contribution in [-0.2, 0) is 0 Å². The molecule has 0 radical (unpaired) electrons. The highest BCUT2D eigenvalue weighted by molar-refractivity contribution is 9.10. The number of halogens is 1. The highest BCUT2D eigenvalue weighted by atomic mass is 79.9. The first-order valence-corrected chi connectivity index (χ1v) is 8.79. The van der Waals surface area contributed by atoms with Gasteiger partial charge in [-0.05, 0) is 30.2 Å². The molecule has 0 aliphatic carbocycles. The quantitative estimate of drug-likeness (QED) is 0.678. The van der Waals surface area contributed by atoms with Gasteiger partial charge >= 0.3 is 0 Å². The minimum Gasteiger partial charge on any atom is -0.340 e. The monoisotopic (exact) mass is 399 g/mol. The van der Waals surface area contributed by atoms with Gasteiger partial charge in [0.2, 0.25) is 11.7 Å². The van der Waals surface area contributed by atoms with E-state index < -0.39 is 0 Å². The molecule has 1 unspecified atom stereocenters. The summed E-state index contributed by atoms with van der Waals surface area (Å²) in [6.45, 7) is 4.00. The second kappa shape index (κ2) is 7.61. The molecule has 3 rings (SSSR count). The van der Waals surface area contributed by atoms with Crippen LogP contribution in [0.15, 0.2) is 63.6 Å². The summed E-state index contributed by atoms with van der Waals surface area (Å²) in [5.74, 6) is 0.840. The SMILES string of the molecule is CC(C)C(NC(=O)c1ccc(Br)cc1)c1nc(-c2ccccc2)no1. The molecule has 1 heterocycles. The van der Waals surface area contributed by atoms with E-state index in [-0.39, 0.29) is 17.9 Å². The number of hydrogen-bond donors (Lipinski definition) is 1. The van der Waals surface area contributed by atoms with Gasteiger partial charge in [0, 0.05) is 15.6 Å². The highest BCUT2D eigenvalue weighted by Gasteiger charge is 2.25. The Balaban J connectivity index is 1.81. The minimum absolute atomic E-state index is 0.100. The zero-order valence-electron chi connectivity index (χ0n) is 13.9. The van der Waals surface area contributed by atoms with Crippen LogP contribution in [-0.4, -0.2) is 16.0 Å². The summed E-state index contributed by atoms with van der Waals surface area (Å²) in [5.41, 5.74) is 1.45. The number of carbonyl (C=O) groups excluding carboxylic acids is 1. The molecule has 5 nitrogen and oxygen atoms in total. The van der Waals surface area contributed by atoms with Gasteiger partial charge in [0.25, 0.3) is 5.91 Å². The summed E-state index contributed by atoms with van der Waals surface area (Å²) in [7, 11) is 0. The maximum Gasteiger partial charge on any atom is 0.251 e. The molecule has 0 aliphatic heterocycles. The van der Waals surface area contributed by atoms with Gasteiger partial charge in [-0.15, -0.1) is 0 Å². The van der Waals surface area contributed by atoms with Gasteiger partial charge in [-0.2, -0.15) is 4.98 Å². The molecular weight excluding hydrogens is 382 g/mol. The smallest absolute Gasteiger partial charge is 0.251 e. The van der Waals surface area contributed by atoms with Crippen molar-refractivity contribution in [1.29, 1.82) is 0 Å². The van der Waals surface area contributed by atoms with E-state index in [1.54, 1.807) is 12.1 Å². The van der Waals surface area contributed by atoms with Gasteiger partial charge in [-0.3, -0.25) is 4.79 Å². The molecule has 1 atom stereocenters. The van der Waals surface area contributed by atoms with Crippen molar-refractivity contribution in [2.45, 2.75) is 19.9 Å². The van der Waals surface area contributed by atoms with Gasteiger partial charge in [0.15, 0.2) is 0 Å². The zero-order chi connectivity index (χ0) is 17.8. The molecule has 6 heteroatoms. The minimum atomic E-state index is -0.360. The van der Waals surface area contributed by atoms with Crippen LogP contribution in [0.5, 0.6) is 0 Å². The second-order valence-corrected chi connectivity index (χ2v) is 6.94. The third-order valence-electron chi connectivity index (χ3n) is 3.80. The number of aromatic nitrogens is 2. The van der Waals surface area contributed by atoms with Gasteiger partial charge in [0.05, 0.1) is 0 Å². The van der Waals surface area contributed by atoms with Gasteiger partial charge in [-0.1, -0.05) is 65.3 Å². The lowest BCUT2D eigenvalue weighted by Crippen LogP contribution is -2.32. The first-order valence-electron chi connectivity index (χ1n) is 8.00. The Morgan fingerprint density at radius 3 is 2.40 bits per heavy atom. The Hall–Kier alpha value is -2.47. The molecule has 1 amide bonds. The Bertz CT molecular complexity index is 845. The third kappa shape index (κ3) is 4.14. The highest BCUT2D eigenvalue weighted by Crippen LogP contribution is 2.24. The first kappa shape index (κ1) is 17.4. The van der Waals surface area contributed by atoms with Crippen molar-refractivity contribution >= 4 is 21.8 Å². The number of nitrogens with one attached hydrogen (secondary N) is 1. The molecule has 1 aromatic heterocycles. The predicted molar refractivity (Wildman–Crippen MR) is 98.9 cm³/mol. The largest absolute Gasteiger partial charge is 0.340 e. The van der Waals surface area contributed by atoms with Crippen LogP contribution in [0.1, 0.15) is 36.1 Å². The molecule has 0 saturated carbocycles. The van der Waals surface area contributed by atoms with Crippen LogP contribution >= 0.6 is 15.9 Å². The molecule has 0 bridgehead atoms. The van der Waals surface area contributed by atoms with Gasteiger partial charge < -0.3 is 9.84 Å². The molecule has 0 spiro atoms. The van der Waals surface area contributed by atoms with Crippen LogP contribution in [0.25, 0.3) is 11.4 Å². The Morgan fingerprint density at radius 1 is 1.08 bits per heavy atom. The maximum atomic E-state index is 12.5. The molecule has 2 aromatic carbocycles. The topological polar surface area (TPSA) is 68.0 Å². The summed E-state index contributed by atoms with van der Waals surface area (Å²) in [6.07, 6.45) is 0. The lowest BCUT2D eigenvalue weighted by atomic mass is 10.0. The first-order chi connectivity index (χ1) is 12.0. The van der Waals surface area contributed by atoms with Crippen molar-refractivity contribution < 1.29 is 9.32 Å². The predicted octanol–water partition coefficient (Wildman–Crippen LogP) is 4.63. The normalized spacial score (nSPS) is 12.2. The average molecular weight is 400 g/mol. The fourth-order valence-corrected chi connectivity index (χ4v) is 2.67. The third-order valence-corrected chi connectivity index (χ3v) is 4.33. The number of benzene rings is 2. The second-order valence-electron chi connectivity index (χ2n) is 6.02. The summed E-state index contributed by atoms with van der Waals surface area (Å²) >= 11 is 3.37. The van der Waals surface area contributed by atoms with Crippen molar-refractivity contribution in [3.05, 3.63) is 70.5 Å². The van der Waals surface area contributed by atoms with E-state index in [0.29, 0.717) is 17.3 Å². The lowest BCUT2D eigenvalue weighted by molar-refractivity contribution is 0.0914. The molecule has 0 aliphatic rings. The van der Waals surface area contributed by atoms with Crippen molar-refractivity contribution in [3.8, 4) is 11.4 Å². The molecule has 128 valence electrons. The molecule has 3 aromatic rings. The fourth-order valence-electron chi connectivity index (χ4n) is 2.41. The Morgan fingerprint density at radius 2 is 1.76 bits per heavy atom. The van der Waals surface area contributed by atoms with Crippen LogP contribution in [0.4, 0.5) is 0 Å². The summed E-state index contributed by atoms with van der Waals surface area (Å²) < 4.78 is 6.34. The van der Waals surface area contributed by atoms with E-state index in [1.807, 2.05) is 56.3 Å². The molecule has 1 N–H and O–H groups in total. The van der Waals surface area contributed by atoms with E-state index in [1.165, 1.54) is 0 Å².